The molecule has 216 valence electrons. The van der Waals surface area contributed by atoms with E-state index in [1.807, 2.05) is 68.4 Å². The fraction of sp³-hybridized carbons (Fsp3) is 0.441. The summed E-state index contributed by atoms with van der Waals surface area (Å²) in [6, 6.07) is 20.5. The van der Waals surface area contributed by atoms with E-state index in [4.69, 9.17) is 5.73 Å². The van der Waals surface area contributed by atoms with Crippen molar-refractivity contribution in [3.05, 3.63) is 72.4 Å². The topological polar surface area (TPSA) is 109 Å². The average molecular weight is 555 g/mol. The molecule has 7 heteroatoms. The van der Waals surface area contributed by atoms with Crippen LogP contribution in [0.3, 0.4) is 0 Å². The SMILES string of the molecule is CCC(=O)N(C)[C@H]1CC[C@H](CC(=O)Nc2cc(-c3ccccc3)c(-c3ccc([C@]4(N)C[C@](C)(O)C4)cc3)cn2)CC1. The molecule has 2 aliphatic carbocycles. The first kappa shape index (κ1) is 29.0. The Bertz CT molecular complexity index is 1370. The molecular formula is C34H42N4O3. The van der Waals surface area contributed by atoms with Gasteiger partial charge in [0.2, 0.25) is 11.8 Å². The summed E-state index contributed by atoms with van der Waals surface area (Å²) in [6.45, 7) is 3.72. The van der Waals surface area contributed by atoms with Crippen LogP contribution in [-0.2, 0) is 15.1 Å². The summed E-state index contributed by atoms with van der Waals surface area (Å²) >= 11 is 0. The number of aliphatic hydroxyl groups is 1. The van der Waals surface area contributed by atoms with Crippen molar-refractivity contribution in [2.24, 2.45) is 11.7 Å². The van der Waals surface area contributed by atoms with Gasteiger partial charge in [-0.1, -0.05) is 61.5 Å². The molecule has 0 spiro atoms. The van der Waals surface area contributed by atoms with Gasteiger partial charge in [-0.2, -0.15) is 0 Å². The van der Waals surface area contributed by atoms with Crippen LogP contribution in [0.5, 0.6) is 0 Å². The molecule has 1 heterocycles. The number of carbonyl (C=O) groups is 2. The van der Waals surface area contributed by atoms with E-state index in [0.717, 1.165) is 53.5 Å². The fourth-order valence-corrected chi connectivity index (χ4v) is 6.75. The lowest BCUT2D eigenvalue weighted by atomic mass is 9.63. The van der Waals surface area contributed by atoms with E-state index in [2.05, 4.69) is 34.6 Å². The lowest BCUT2D eigenvalue weighted by molar-refractivity contribution is -0.132. The van der Waals surface area contributed by atoms with E-state index in [0.29, 0.717) is 37.4 Å². The van der Waals surface area contributed by atoms with Gasteiger partial charge in [0.25, 0.3) is 0 Å². The molecule has 1 aromatic heterocycles. The summed E-state index contributed by atoms with van der Waals surface area (Å²) in [5.74, 6) is 1.00. The van der Waals surface area contributed by atoms with E-state index in [1.54, 1.807) is 0 Å². The first-order valence-electron chi connectivity index (χ1n) is 14.8. The maximum Gasteiger partial charge on any atom is 0.225 e. The number of nitrogens with one attached hydrogen (secondary N) is 1. The lowest BCUT2D eigenvalue weighted by Crippen LogP contribution is -2.58. The van der Waals surface area contributed by atoms with Crippen molar-refractivity contribution in [1.29, 1.82) is 0 Å². The van der Waals surface area contributed by atoms with E-state index >= 15 is 0 Å². The third kappa shape index (κ3) is 6.52. The van der Waals surface area contributed by atoms with Crippen LogP contribution in [0.15, 0.2) is 66.9 Å². The molecule has 2 aliphatic rings. The Hall–Kier alpha value is -3.55. The molecule has 2 fully saturated rings. The number of aromatic nitrogens is 1. The highest BCUT2D eigenvalue weighted by molar-refractivity contribution is 5.92. The number of carbonyl (C=O) groups excluding carboxylic acids is 2. The van der Waals surface area contributed by atoms with Gasteiger partial charge in [0, 0.05) is 43.2 Å². The van der Waals surface area contributed by atoms with Gasteiger partial charge in [0.15, 0.2) is 0 Å². The number of pyridine rings is 1. The Morgan fingerprint density at radius 2 is 1.63 bits per heavy atom. The van der Waals surface area contributed by atoms with Gasteiger partial charge in [0.05, 0.1) is 5.60 Å². The number of nitrogens with two attached hydrogens (primary N) is 1. The van der Waals surface area contributed by atoms with Crippen molar-refractivity contribution in [3.8, 4) is 22.3 Å². The lowest BCUT2D eigenvalue weighted by Gasteiger charge is -2.49. The number of nitrogens with zero attached hydrogens (tertiary/aromatic N) is 2. The smallest absolute Gasteiger partial charge is 0.225 e. The fourth-order valence-electron chi connectivity index (χ4n) is 6.75. The van der Waals surface area contributed by atoms with Crippen LogP contribution in [0.25, 0.3) is 22.3 Å². The van der Waals surface area contributed by atoms with Crippen molar-refractivity contribution < 1.29 is 14.7 Å². The molecule has 3 aromatic rings. The minimum atomic E-state index is -0.705. The van der Waals surface area contributed by atoms with Crippen LogP contribution >= 0.6 is 0 Å². The molecule has 0 radical (unpaired) electrons. The first-order chi connectivity index (χ1) is 19.6. The molecule has 2 saturated carbocycles. The highest BCUT2D eigenvalue weighted by atomic mass is 16.3. The van der Waals surface area contributed by atoms with Crippen LogP contribution in [0.1, 0.15) is 70.8 Å². The zero-order valence-electron chi connectivity index (χ0n) is 24.4. The van der Waals surface area contributed by atoms with Crippen molar-refractivity contribution in [3.63, 3.8) is 0 Å². The van der Waals surface area contributed by atoms with E-state index < -0.39 is 11.1 Å². The second-order valence-corrected chi connectivity index (χ2v) is 12.4. The highest BCUT2D eigenvalue weighted by Crippen LogP contribution is 2.46. The van der Waals surface area contributed by atoms with E-state index in [1.165, 1.54) is 0 Å². The zero-order valence-corrected chi connectivity index (χ0v) is 24.4. The maximum atomic E-state index is 13.0. The number of amides is 2. The second-order valence-electron chi connectivity index (χ2n) is 12.4. The summed E-state index contributed by atoms with van der Waals surface area (Å²) < 4.78 is 0. The van der Waals surface area contributed by atoms with Crippen molar-refractivity contribution in [1.82, 2.24) is 9.88 Å². The third-order valence-electron chi connectivity index (χ3n) is 8.95. The van der Waals surface area contributed by atoms with Gasteiger partial charge in [-0.15, -0.1) is 0 Å². The molecule has 0 saturated heterocycles. The number of rotatable bonds is 8. The predicted octanol–water partition coefficient (Wildman–Crippen LogP) is 5.87. The van der Waals surface area contributed by atoms with Gasteiger partial charge < -0.3 is 21.1 Å². The van der Waals surface area contributed by atoms with Crippen LogP contribution in [0.2, 0.25) is 0 Å². The molecule has 0 aliphatic heterocycles. The molecule has 5 rings (SSSR count). The van der Waals surface area contributed by atoms with Crippen molar-refractivity contribution >= 4 is 17.6 Å². The van der Waals surface area contributed by atoms with Crippen LogP contribution < -0.4 is 11.1 Å². The third-order valence-corrected chi connectivity index (χ3v) is 8.95. The summed E-state index contributed by atoms with van der Waals surface area (Å²) in [6.07, 6.45) is 7.66. The molecule has 0 unspecified atom stereocenters. The normalized spacial score (nSPS) is 25.7. The Morgan fingerprint density at radius 1 is 1.00 bits per heavy atom. The summed E-state index contributed by atoms with van der Waals surface area (Å²) in [7, 11) is 1.89. The van der Waals surface area contributed by atoms with Gasteiger partial charge >= 0.3 is 0 Å². The summed E-state index contributed by atoms with van der Waals surface area (Å²) in [5.41, 5.74) is 10.4. The summed E-state index contributed by atoms with van der Waals surface area (Å²) in [4.78, 5) is 31.6. The Morgan fingerprint density at radius 3 is 2.24 bits per heavy atom. The van der Waals surface area contributed by atoms with Gasteiger partial charge in [-0.05, 0) is 79.7 Å². The first-order valence-corrected chi connectivity index (χ1v) is 14.8. The Labute approximate surface area is 243 Å². The predicted molar refractivity (Wildman–Crippen MR) is 163 cm³/mol. The Kier molecular flexibility index (Phi) is 8.30. The van der Waals surface area contributed by atoms with Crippen LogP contribution in [0.4, 0.5) is 5.82 Å². The van der Waals surface area contributed by atoms with Crippen molar-refractivity contribution in [2.75, 3.05) is 12.4 Å². The van der Waals surface area contributed by atoms with Gasteiger partial charge in [-0.25, -0.2) is 4.98 Å². The average Bonchev–Trinajstić information content (AvgIpc) is 2.96. The largest absolute Gasteiger partial charge is 0.390 e. The molecule has 0 bridgehead atoms. The molecule has 4 N–H and O–H groups in total. The number of hydrogen-bond acceptors (Lipinski definition) is 5. The van der Waals surface area contributed by atoms with Crippen LogP contribution in [-0.4, -0.2) is 45.5 Å². The van der Waals surface area contributed by atoms with Crippen LogP contribution in [0, 0.1) is 5.92 Å². The van der Waals surface area contributed by atoms with Gasteiger partial charge in [-0.3, -0.25) is 9.59 Å². The second kappa shape index (κ2) is 11.7. The summed E-state index contributed by atoms with van der Waals surface area (Å²) in [5, 5.41) is 13.2. The highest BCUT2D eigenvalue weighted by Gasteiger charge is 2.49. The number of benzene rings is 2. The monoisotopic (exact) mass is 554 g/mol. The minimum Gasteiger partial charge on any atom is -0.390 e. The molecule has 2 aromatic carbocycles. The molecule has 41 heavy (non-hydrogen) atoms. The molecule has 2 amide bonds. The molecule has 0 atom stereocenters. The zero-order chi connectivity index (χ0) is 29.2. The quantitative estimate of drug-likeness (QED) is 0.323. The number of hydrogen-bond donors (Lipinski definition) is 3. The Balaban J connectivity index is 1.29. The molecule has 7 nitrogen and oxygen atoms in total. The molecular weight excluding hydrogens is 512 g/mol. The standard InChI is InChI=1S/C34H42N4O3/c1-4-32(40)38(3)27-16-10-23(11-17-27)18-31(39)37-30-19-28(24-8-6-5-7-9-24)29(20-36-30)25-12-14-26(15-13-25)34(35)21-33(2,41)22-34/h5-9,12-15,19-20,23,27,41H,4,10-11,16-18,21-22,35H2,1-3H3,(H,36,37,39)/t23-,27-,33-,34-. The minimum absolute atomic E-state index is 0.0281. The van der Waals surface area contributed by atoms with E-state index in [-0.39, 0.29) is 17.9 Å². The van der Waals surface area contributed by atoms with Crippen molar-refractivity contribution in [2.45, 2.75) is 82.4 Å². The number of anilines is 1. The maximum absolute atomic E-state index is 13.0. The van der Waals surface area contributed by atoms with Gasteiger partial charge in [0.1, 0.15) is 5.82 Å². The van der Waals surface area contributed by atoms with E-state index in [9.17, 15) is 14.7 Å².